The summed E-state index contributed by atoms with van der Waals surface area (Å²) in [5.41, 5.74) is 3.02. The molecule has 1 saturated carbocycles. The van der Waals surface area contributed by atoms with Gasteiger partial charge in [-0.05, 0) is 55.6 Å². The average molecular weight is 471 g/mol. The van der Waals surface area contributed by atoms with E-state index in [2.05, 4.69) is 57.4 Å². The van der Waals surface area contributed by atoms with E-state index >= 15 is 0 Å². The van der Waals surface area contributed by atoms with Gasteiger partial charge in [0.1, 0.15) is 0 Å². The van der Waals surface area contributed by atoms with E-state index in [-0.39, 0.29) is 35.9 Å². The van der Waals surface area contributed by atoms with E-state index in [4.69, 9.17) is 0 Å². The Bertz CT molecular complexity index is 1110. The normalized spacial score (nSPS) is 31.1. The average Bonchev–Trinajstić information content (AvgIpc) is 3.60. The number of amides is 2. The van der Waals surface area contributed by atoms with Gasteiger partial charge < -0.3 is 20.9 Å². The number of rotatable bonds is 4. The number of carbonyl (C=O) groups is 2. The van der Waals surface area contributed by atoms with Crippen LogP contribution in [0.2, 0.25) is 0 Å². The highest BCUT2D eigenvalue weighted by Crippen LogP contribution is 2.48. The Kier molecular flexibility index (Phi) is 5.96. The second-order valence-electron chi connectivity index (χ2n) is 10.4. The van der Waals surface area contributed by atoms with Gasteiger partial charge in [-0.2, -0.15) is 0 Å². The largest absolute Gasteiger partial charge is 0.386 e. The number of hydrogen-bond donors (Lipinski definition) is 3. The Morgan fingerprint density at radius 2 is 1.74 bits per heavy atom. The SMILES string of the molecule is O=C(N[C@@H]1CCCC[C@@H]1C(=O)N1CC[C@@H]2[C@H](C3CC=CN3)Nc3ccccc3[C@@H]21)c1ccccc1. The first-order valence-corrected chi connectivity index (χ1v) is 13.1. The van der Waals surface area contributed by atoms with Crippen molar-refractivity contribution in [3.8, 4) is 0 Å². The summed E-state index contributed by atoms with van der Waals surface area (Å²) < 4.78 is 0. The van der Waals surface area contributed by atoms with Crippen molar-refractivity contribution >= 4 is 17.5 Å². The number of nitrogens with one attached hydrogen (secondary N) is 3. The van der Waals surface area contributed by atoms with Gasteiger partial charge in [-0.15, -0.1) is 0 Å². The molecule has 1 saturated heterocycles. The fourth-order valence-electron chi connectivity index (χ4n) is 6.79. The minimum Gasteiger partial charge on any atom is -0.386 e. The number of fused-ring (bicyclic) bond motifs is 3. The maximum Gasteiger partial charge on any atom is 0.251 e. The van der Waals surface area contributed by atoms with Crippen molar-refractivity contribution in [2.24, 2.45) is 11.8 Å². The summed E-state index contributed by atoms with van der Waals surface area (Å²) in [6.07, 6.45) is 10.0. The quantitative estimate of drug-likeness (QED) is 0.625. The Labute approximate surface area is 207 Å². The summed E-state index contributed by atoms with van der Waals surface area (Å²) in [6, 6.07) is 18.4. The molecule has 3 heterocycles. The van der Waals surface area contributed by atoms with Gasteiger partial charge in [0.05, 0.1) is 18.0 Å². The molecule has 0 bridgehead atoms. The van der Waals surface area contributed by atoms with E-state index in [9.17, 15) is 9.59 Å². The third kappa shape index (κ3) is 4.09. The first-order chi connectivity index (χ1) is 17.2. The van der Waals surface area contributed by atoms with E-state index in [1.165, 1.54) is 5.56 Å². The number of carbonyl (C=O) groups excluding carboxylic acids is 2. The third-order valence-electron chi connectivity index (χ3n) is 8.48. The highest BCUT2D eigenvalue weighted by Gasteiger charge is 2.49. The van der Waals surface area contributed by atoms with Crippen molar-refractivity contribution in [3.63, 3.8) is 0 Å². The van der Waals surface area contributed by atoms with Crippen LogP contribution in [0.15, 0.2) is 66.9 Å². The van der Waals surface area contributed by atoms with Crippen LogP contribution in [-0.4, -0.2) is 41.4 Å². The molecule has 2 aromatic rings. The molecule has 1 unspecified atom stereocenters. The van der Waals surface area contributed by atoms with Crippen LogP contribution < -0.4 is 16.0 Å². The molecule has 35 heavy (non-hydrogen) atoms. The molecule has 6 nitrogen and oxygen atoms in total. The van der Waals surface area contributed by atoms with Gasteiger partial charge >= 0.3 is 0 Å². The summed E-state index contributed by atoms with van der Waals surface area (Å²) in [7, 11) is 0. The van der Waals surface area contributed by atoms with Crippen molar-refractivity contribution in [3.05, 3.63) is 78.0 Å². The molecule has 1 aliphatic carbocycles. The lowest BCUT2D eigenvalue weighted by molar-refractivity contribution is -0.138. The smallest absolute Gasteiger partial charge is 0.251 e. The van der Waals surface area contributed by atoms with Gasteiger partial charge in [-0.3, -0.25) is 9.59 Å². The van der Waals surface area contributed by atoms with Crippen LogP contribution in [0.3, 0.4) is 0 Å². The van der Waals surface area contributed by atoms with Crippen LogP contribution in [0.5, 0.6) is 0 Å². The maximum absolute atomic E-state index is 14.1. The Hall–Kier alpha value is -3.28. The van der Waals surface area contributed by atoms with Gasteiger partial charge in [-0.1, -0.05) is 55.3 Å². The summed E-state index contributed by atoms with van der Waals surface area (Å²) in [6.45, 7) is 0.774. The lowest BCUT2D eigenvalue weighted by atomic mass is 9.78. The van der Waals surface area contributed by atoms with Crippen LogP contribution in [0.25, 0.3) is 0 Å². The van der Waals surface area contributed by atoms with Crippen LogP contribution in [-0.2, 0) is 4.79 Å². The molecule has 6 atom stereocenters. The number of nitrogens with zero attached hydrogens (tertiary/aromatic N) is 1. The molecule has 3 N–H and O–H groups in total. The molecular weight excluding hydrogens is 436 g/mol. The van der Waals surface area contributed by atoms with Crippen molar-refractivity contribution in [2.45, 2.75) is 62.7 Å². The molecule has 0 spiro atoms. The van der Waals surface area contributed by atoms with Gasteiger partial charge in [0.15, 0.2) is 0 Å². The Morgan fingerprint density at radius 1 is 0.943 bits per heavy atom. The minimum absolute atomic E-state index is 0.0818. The fraction of sp³-hybridized carbons (Fsp3) is 0.448. The predicted molar refractivity (Wildman–Crippen MR) is 137 cm³/mol. The maximum atomic E-state index is 14.1. The van der Waals surface area contributed by atoms with Crippen molar-refractivity contribution in [2.75, 3.05) is 11.9 Å². The van der Waals surface area contributed by atoms with E-state index in [1.807, 2.05) is 30.3 Å². The molecule has 6 heteroatoms. The first-order valence-electron chi connectivity index (χ1n) is 13.1. The zero-order chi connectivity index (χ0) is 23.8. The standard InChI is InChI=1S/C29H34N4O2/c34-28(19-9-2-1-3-10-19)32-24-14-7-5-12-21(24)29(35)33-18-16-22-26(25-15-8-17-30-25)31-23-13-6-4-11-20(23)27(22)33/h1-4,6,8-11,13,17,21-22,24-27,30-31H,5,7,12,14-16,18H2,(H,32,34)/t21-,22+,24+,25?,26+,27-/m0/s1. The first kappa shape index (κ1) is 22.2. The van der Waals surface area contributed by atoms with Crippen LogP contribution in [0, 0.1) is 11.8 Å². The van der Waals surface area contributed by atoms with Gasteiger partial charge in [-0.25, -0.2) is 0 Å². The lowest BCUT2D eigenvalue weighted by Gasteiger charge is -2.43. The van der Waals surface area contributed by atoms with Crippen LogP contribution >= 0.6 is 0 Å². The molecule has 6 rings (SSSR count). The molecule has 2 fully saturated rings. The number of hydrogen-bond acceptors (Lipinski definition) is 4. The molecule has 182 valence electrons. The zero-order valence-electron chi connectivity index (χ0n) is 20.0. The summed E-state index contributed by atoms with van der Waals surface area (Å²) in [5, 5.41) is 10.5. The molecule has 3 aliphatic heterocycles. The monoisotopic (exact) mass is 470 g/mol. The van der Waals surface area contributed by atoms with E-state index in [0.717, 1.165) is 50.8 Å². The Morgan fingerprint density at radius 3 is 2.57 bits per heavy atom. The van der Waals surface area contributed by atoms with Gasteiger partial charge in [0.2, 0.25) is 5.91 Å². The van der Waals surface area contributed by atoms with Gasteiger partial charge in [0.25, 0.3) is 5.91 Å². The topological polar surface area (TPSA) is 73.5 Å². The molecule has 0 aromatic heterocycles. The highest BCUT2D eigenvalue weighted by atomic mass is 16.2. The van der Waals surface area contributed by atoms with Crippen molar-refractivity contribution in [1.29, 1.82) is 0 Å². The van der Waals surface area contributed by atoms with Crippen LogP contribution in [0.1, 0.15) is 60.5 Å². The second-order valence-corrected chi connectivity index (χ2v) is 10.4. The Balaban J connectivity index is 1.25. The molecule has 2 amide bonds. The number of para-hydroxylation sites is 1. The second kappa shape index (κ2) is 9.40. The van der Waals surface area contributed by atoms with E-state index in [0.29, 0.717) is 17.5 Å². The number of benzene rings is 2. The number of anilines is 1. The summed E-state index contributed by atoms with van der Waals surface area (Å²) >= 11 is 0. The summed E-state index contributed by atoms with van der Waals surface area (Å²) in [4.78, 5) is 29.2. The van der Waals surface area contributed by atoms with E-state index < -0.39 is 0 Å². The predicted octanol–water partition coefficient (Wildman–Crippen LogP) is 4.23. The fourth-order valence-corrected chi connectivity index (χ4v) is 6.79. The molecule has 4 aliphatic rings. The van der Waals surface area contributed by atoms with Crippen molar-refractivity contribution < 1.29 is 9.59 Å². The molecular formula is C29H34N4O2. The molecule has 0 radical (unpaired) electrons. The zero-order valence-corrected chi connectivity index (χ0v) is 20.0. The van der Waals surface area contributed by atoms with E-state index in [1.54, 1.807) is 0 Å². The molecule has 2 aromatic carbocycles. The highest BCUT2D eigenvalue weighted by molar-refractivity contribution is 5.94. The van der Waals surface area contributed by atoms with Gasteiger partial charge in [0, 0.05) is 35.8 Å². The van der Waals surface area contributed by atoms with Crippen LogP contribution in [0.4, 0.5) is 5.69 Å². The van der Waals surface area contributed by atoms with Crippen molar-refractivity contribution in [1.82, 2.24) is 15.5 Å². The number of likely N-dealkylation sites (tertiary alicyclic amines) is 1. The minimum atomic E-state index is -0.165. The summed E-state index contributed by atoms with van der Waals surface area (Å²) in [5.74, 6) is 0.333. The lowest BCUT2D eigenvalue weighted by Crippen LogP contribution is -2.52. The third-order valence-corrected chi connectivity index (χ3v) is 8.48.